The molecule has 0 radical (unpaired) electrons. The second kappa shape index (κ2) is 11.4. The average molecular weight is 688 g/mol. The first-order chi connectivity index (χ1) is 21.9. The quantitative estimate of drug-likeness (QED) is 0.0904. The molecule has 4 aromatic rings. The number of phosphoric ester groups is 2. The molecule has 0 spiro atoms. The highest BCUT2D eigenvalue weighted by Gasteiger charge is 2.54. The zero-order valence-corrected chi connectivity index (χ0v) is 24.9. The molecule has 10 atom stereocenters. The van der Waals surface area contributed by atoms with Crippen LogP contribution in [-0.4, -0.2) is 98.8 Å². The Bertz CT molecular complexity index is 1950. The van der Waals surface area contributed by atoms with Gasteiger partial charge in [-0.2, -0.15) is 4.98 Å². The lowest BCUT2D eigenvalue weighted by molar-refractivity contribution is -0.0657. The summed E-state index contributed by atoms with van der Waals surface area (Å²) in [6, 6.07) is 0. The van der Waals surface area contributed by atoms with Gasteiger partial charge in [0.05, 0.1) is 31.4 Å². The number of hydrogen-bond donors (Lipinski definition) is 7. The number of fused-ring (bicyclic) bond motifs is 5. The van der Waals surface area contributed by atoms with E-state index < -0.39 is 83.4 Å². The van der Waals surface area contributed by atoms with E-state index in [1.54, 1.807) is 0 Å². The van der Waals surface area contributed by atoms with Gasteiger partial charge >= 0.3 is 15.6 Å². The number of aliphatic hydroxyl groups is 2. The highest BCUT2D eigenvalue weighted by Crippen LogP contribution is 2.55. The van der Waals surface area contributed by atoms with Gasteiger partial charge in [-0.05, 0) is 0 Å². The number of imidazole rings is 2. The summed E-state index contributed by atoms with van der Waals surface area (Å²) >= 11 is 0. The van der Waals surface area contributed by atoms with Gasteiger partial charge in [0.2, 0.25) is 5.95 Å². The number of hydrogen-bond acceptors (Lipinski definition) is 19. The Kier molecular flexibility index (Phi) is 7.72. The number of ether oxygens (including phenoxy) is 2. The number of nitrogen functional groups attached to an aromatic ring is 2. The molecule has 3 saturated heterocycles. The third kappa shape index (κ3) is 5.30. The standard InChI is InChI=1S/C21H26N10O13P2/c22-16-18-26-3-7(30(18)2-1-25-16)13-12(33)14-9(40-13)5-39-46(37,44-24)43-15-11(32)8(4-38-45(35,36)42-14)41-20(15)31-6-27-10-17(31)28-21(23)29-19(10)34/h1-3,6,8-9,11-15,20,32-33H,4-5,24H2,(H2,22,25)(H,35,36)(H3,23,28,29,34). The van der Waals surface area contributed by atoms with Gasteiger partial charge in [0.15, 0.2) is 28.9 Å². The first-order valence-corrected chi connectivity index (χ1v) is 16.3. The third-order valence-electron chi connectivity index (χ3n) is 7.58. The second-order valence-corrected chi connectivity index (χ2v) is 13.3. The fourth-order valence-electron chi connectivity index (χ4n) is 5.49. The normalized spacial score (nSPS) is 37.1. The monoisotopic (exact) mass is 688 g/mol. The van der Waals surface area contributed by atoms with Crippen LogP contribution in [0.3, 0.4) is 0 Å². The van der Waals surface area contributed by atoms with Gasteiger partial charge in [-0.25, -0.2) is 34.6 Å². The summed E-state index contributed by atoms with van der Waals surface area (Å²) in [5, 5.41) is 22.3. The van der Waals surface area contributed by atoms with Crippen LogP contribution in [0.1, 0.15) is 18.0 Å². The fourth-order valence-corrected chi connectivity index (χ4v) is 7.48. The van der Waals surface area contributed by atoms with Crippen LogP contribution in [0.15, 0.2) is 29.7 Å². The van der Waals surface area contributed by atoms with Crippen LogP contribution in [-0.2, 0) is 41.3 Å². The van der Waals surface area contributed by atoms with Crippen molar-refractivity contribution in [1.82, 2.24) is 33.9 Å². The summed E-state index contributed by atoms with van der Waals surface area (Å²) < 4.78 is 67.3. The van der Waals surface area contributed by atoms with Crippen molar-refractivity contribution in [3.63, 3.8) is 0 Å². The Balaban J connectivity index is 1.22. The van der Waals surface area contributed by atoms with Crippen molar-refractivity contribution in [2.75, 3.05) is 24.7 Å². The largest absolute Gasteiger partial charge is 0.491 e. The van der Waals surface area contributed by atoms with E-state index in [-0.39, 0.29) is 34.3 Å². The van der Waals surface area contributed by atoms with Crippen LogP contribution in [0.25, 0.3) is 16.8 Å². The smallest absolute Gasteiger partial charge is 0.387 e. The number of aliphatic hydroxyl groups excluding tert-OH is 2. The Morgan fingerprint density at radius 3 is 2.57 bits per heavy atom. The van der Waals surface area contributed by atoms with Crippen molar-refractivity contribution < 1.29 is 56.4 Å². The number of nitrogens with one attached hydrogen (secondary N) is 1. The van der Waals surface area contributed by atoms with Crippen molar-refractivity contribution in [1.29, 1.82) is 0 Å². The maximum absolute atomic E-state index is 13.7. The van der Waals surface area contributed by atoms with Crippen molar-refractivity contribution in [3.8, 4) is 0 Å². The topological polar surface area (TPSA) is 331 Å². The minimum Gasteiger partial charge on any atom is -0.387 e. The van der Waals surface area contributed by atoms with E-state index in [0.717, 1.165) is 10.9 Å². The molecule has 7 rings (SSSR count). The lowest BCUT2D eigenvalue weighted by atomic mass is 10.1. The van der Waals surface area contributed by atoms with Gasteiger partial charge in [-0.15, -0.1) is 0 Å². The van der Waals surface area contributed by atoms with Gasteiger partial charge in [0.25, 0.3) is 5.56 Å². The van der Waals surface area contributed by atoms with E-state index in [4.69, 9.17) is 44.9 Å². The Hall–Kier alpha value is -3.41. The first-order valence-electron chi connectivity index (χ1n) is 13.3. The molecular weight excluding hydrogens is 662 g/mol. The zero-order valence-electron chi connectivity index (χ0n) is 23.1. The van der Waals surface area contributed by atoms with E-state index in [1.165, 1.54) is 23.0 Å². The number of aromatic amines is 1. The fraction of sp³-hybridized carbons (Fsp3) is 0.476. The van der Waals surface area contributed by atoms with Gasteiger partial charge in [-0.1, -0.05) is 0 Å². The molecule has 3 aliphatic heterocycles. The summed E-state index contributed by atoms with van der Waals surface area (Å²) in [6.07, 6.45) is -6.88. The predicted octanol–water partition coefficient (Wildman–Crippen LogP) is -2.00. The van der Waals surface area contributed by atoms with Crippen LogP contribution in [0, 0.1) is 0 Å². The molecule has 0 aromatic carbocycles. The van der Waals surface area contributed by atoms with E-state index in [0.29, 0.717) is 0 Å². The van der Waals surface area contributed by atoms with Crippen LogP contribution < -0.4 is 22.9 Å². The minimum atomic E-state index is -5.05. The summed E-state index contributed by atoms with van der Waals surface area (Å²) in [5.41, 5.74) is 11.1. The van der Waals surface area contributed by atoms with Crippen LogP contribution >= 0.6 is 15.6 Å². The molecule has 2 bridgehead atoms. The van der Waals surface area contributed by atoms with Gasteiger partial charge < -0.3 is 36.0 Å². The maximum Gasteiger partial charge on any atom is 0.491 e. The lowest BCUT2D eigenvalue weighted by Crippen LogP contribution is -2.36. The van der Waals surface area contributed by atoms with Crippen LogP contribution in [0.2, 0.25) is 0 Å². The van der Waals surface area contributed by atoms with Gasteiger partial charge in [-0.3, -0.25) is 36.8 Å². The molecule has 10 unspecified atom stereocenters. The van der Waals surface area contributed by atoms with E-state index in [2.05, 4.69) is 29.5 Å². The molecule has 10 N–H and O–H groups in total. The average Bonchev–Trinajstić information content (AvgIpc) is 3.77. The highest BCUT2D eigenvalue weighted by atomic mass is 31.2. The molecule has 7 heterocycles. The maximum atomic E-state index is 13.7. The summed E-state index contributed by atoms with van der Waals surface area (Å²) in [4.78, 5) is 41.4. The Labute approximate surface area is 255 Å². The molecular formula is C21H26N10O13P2. The highest BCUT2D eigenvalue weighted by molar-refractivity contribution is 7.48. The molecule has 25 heteroatoms. The number of H-pyrrole nitrogens is 1. The molecule has 0 amide bonds. The zero-order chi connectivity index (χ0) is 32.5. The molecule has 3 fully saturated rings. The number of phosphoric acid groups is 2. The van der Waals surface area contributed by atoms with Crippen LogP contribution in [0.4, 0.5) is 11.8 Å². The molecule has 248 valence electrons. The van der Waals surface area contributed by atoms with E-state index in [9.17, 15) is 29.0 Å². The Morgan fingerprint density at radius 2 is 1.78 bits per heavy atom. The lowest BCUT2D eigenvalue weighted by Gasteiger charge is -2.26. The predicted molar refractivity (Wildman–Crippen MR) is 148 cm³/mol. The minimum absolute atomic E-state index is 0.0851. The van der Waals surface area contributed by atoms with Crippen molar-refractivity contribution >= 4 is 44.2 Å². The summed E-state index contributed by atoms with van der Waals surface area (Å²) in [7, 11) is -9.88. The summed E-state index contributed by atoms with van der Waals surface area (Å²) in [6.45, 7) is -1.55. The number of rotatable bonds is 3. The van der Waals surface area contributed by atoms with Crippen LogP contribution in [0.5, 0.6) is 0 Å². The van der Waals surface area contributed by atoms with E-state index >= 15 is 0 Å². The SMILES string of the molecule is NOP1(=O)OCC2OC(c3cnc4c(N)nccn34)C(O)C2OP(=O)(O)OCC2OC(n3cnc4c(=O)[nH]c(N)nc43)C(O1)C2O. The number of nitrogens with zero attached hydrogens (tertiary/aromatic N) is 6. The number of nitrogens with two attached hydrogens (primary N) is 3. The number of aromatic nitrogens is 7. The molecule has 23 nitrogen and oxygen atoms in total. The van der Waals surface area contributed by atoms with Crippen molar-refractivity contribution in [2.24, 2.45) is 5.90 Å². The van der Waals surface area contributed by atoms with Crippen molar-refractivity contribution in [2.45, 2.75) is 49.0 Å². The van der Waals surface area contributed by atoms with Gasteiger partial charge in [0.1, 0.15) is 42.7 Å². The van der Waals surface area contributed by atoms with Crippen molar-refractivity contribution in [3.05, 3.63) is 41.0 Å². The molecule has 0 aliphatic carbocycles. The number of anilines is 2. The molecule has 46 heavy (non-hydrogen) atoms. The second-order valence-electron chi connectivity index (χ2n) is 10.4. The van der Waals surface area contributed by atoms with Gasteiger partial charge in [0, 0.05) is 12.4 Å². The Morgan fingerprint density at radius 1 is 1.00 bits per heavy atom. The molecule has 0 saturated carbocycles. The molecule has 4 aromatic heterocycles. The summed E-state index contributed by atoms with van der Waals surface area (Å²) in [5.74, 6) is 5.13. The molecule has 3 aliphatic rings. The van der Waals surface area contributed by atoms with E-state index in [1.807, 2.05) is 0 Å². The first kappa shape index (κ1) is 31.2. The third-order valence-corrected chi connectivity index (χ3v) is 9.79.